The summed E-state index contributed by atoms with van der Waals surface area (Å²) in [5, 5.41) is 0. The van der Waals surface area contributed by atoms with E-state index in [1.165, 1.54) is 16.7 Å². The van der Waals surface area contributed by atoms with E-state index in [2.05, 4.69) is 46.4 Å². The average Bonchev–Trinajstić information content (AvgIpc) is 2.28. The smallest absolute Gasteiger partial charge is 0.00945 e. The first-order chi connectivity index (χ1) is 7.65. The van der Waals surface area contributed by atoms with Gasteiger partial charge in [-0.15, -0.1) is 6.58 Å². The van der Waals surface area contributed by atoms with Gasteiger partial charge in [0.25, 0.3) is 0 Å². The molecule has 0 spiro atoms. The largest absolute Gasteiger partial charge is 0.103 e. The maximum atomic E-state index is 3.89. The molecule has 1 aromatic rings. The number of hydrogen-bond donors (Lipinski definition) is 0. The maximum Gasteiger partial charge on any atom is -0.00945 e. The highest BCUT2D eigenvalue weighted by atomic mass is 14.2. The Morgan fingerprint density at radius 2 is 1.81 bits per heavy atom. The Morgan fingerprint density at radius 3 is 2.25 bits per heavy atom. The van der Waals surface area contributed by atoms with Crippen molar-refractivity contribution in [2.45, 2.75) is 52.9 Å². The quantitative estimate of drug-likeness (QED) is 0.628. The molecule has 0 fully saturated rings. The molecule has 0 amide bonds. The Morgan fingerprint density at radius 1 is 1.12 bits per heavy atom. The highest BCUT2D eigenvalue weighted by molar-refractivity contribution is 5.43. The third kappa shape index (κ3) is 2.55. The van der Waals surface area contributed by atoms with E-state index in [0.29, 0.717) is 5.92 Å². The normalized spacial score (nSPS) is 10.8. The van der Waals surface area contributed by atoms with E-state index in [0.717, 1.165) is 19.3 Å². The molecule has 0 saturated heterocycles. The second kappa shape index (κ2) is 5.89. The van der Waals surface area contributed by atoms with Crippen LogP contribution in [0.4, 0.5) is 0 Å². The van der Waals surface area contributed by atoms with Gasteiger partial charge in [-0.3, -0.25) is 0 Å². The summed E-state index contributed by atoms with van der Waals surface area (Å²) in [5.74, 6) is 0.603. The van der Waals surface area contributed by atoms with Crippen LogP contribution in [0.1, 0.15) is 55.9 Å². The summed E-state index contributed by atoms with van der Waals surface area (Å²) in [6.07, 6.45) is 5.29. The van der Waals surface area contributed by atoms with E-state index in [1.54, 1.807) is 5.56 Å². The minimum Gasteiger partial charge on any atom is -0.103 e. The van der Waals surface area contributed by atoms with Crippen LogP contribution in [-0.2, 0) is 19.3 Å². The molecule has 1 rings (SSSR count). The van der Waals surface area contributed by atoms with Crippen molar-refractivity contribution in [3.05, 3.63) is 47.0 Å². The van der Waals surface area contributed by atoms with Gasteiger partial charge in [-0.2, -0.15) is 0 Å². The summed E-state index contributed by atoms with van der Waals surface area (Å²) in [5.41, 5.74) is 6.07. The number of benzene rings is 1. The summed E-state index contributed by atoms with van der Waals surface area (Å²) in [7, 11) is 0. The zero-order valence-corrected chi connectivity index (χ0v) is 11.1. The molecule has 0 aliphatic carbocycles. The molecule has 0 unspecified atom stereocenters. The van der Waals surface area contributed by atoms with E-state index in [-0.39, 0.29) is 0 Å². The predicted molar refractivity (Wildman–Crippen MR) is 73.2 cm³/mol. The van der Waals surface area contributed by atoms with Crippen molar-refractivity contribution >= 4 is 0 Å². The van der Waals surface area contributed by atoms with Gasteiger partial charge in [0.05, 0.1) is 0 Å². The Bertz CT molecular complexity index is 359. The Balaban J connectivity index is 3.37. The summed E-state index contributed by atoms with van der Waals surface area (Å²) < 4.78 is 0. The van der Waals surface area contributed by atoms with Crippen LogP contribution in [0.2, 0.25) is 0 Å². The van der Waals surface area contributed by atoms with Crippen molar-refractivity contribution in [1.82, 2.24) is 0 Å². The molecule has 0 aliphatic rings. The molecule has 0 atom stereocenters. The lowest BCUT2D eigenvalue weighted by atomic mass is 9.87. The fraction of sp³-hybridized carbons (Fsp3) is 0.500. The van der Waals surface area contributed by atoms with Gasteiger partial charge in [-0.05, 0) is 47.4 Å². The van der Waals surface area contributed by atoms with Crippen LogP contribution in [0, 0.1) is 0 Å². The van der Waals surface area contributed by atoms with E-state index in [9.17, 15) is 0 Å². The second-order valence-corrected chi connectivity index (χ2v) is 4.63. The number of hydrogen-bond acceptors (Lipinski definition) is 0. The van der Waals surface area contributed by atoms with Crippen LogP contribution in [0.3, 0.4) is 0 Å². The molecule has 0 nitrogen and oxygen atoms in total. The van der Waals surface area contributed by atoms with Gasteiger partial charge in [0.15, 0.2) is 0 Å². The Kier molecular flexibility index (Phi) is 4.79. The van der Waals surface area contributed by atoms with Gasteiger partial charge in [0.2, 0.25) is 0 Å². The zero-order chi connectivity index (χ0) is 12.1. The first-order valence-electron chi connectivity index (χ1n) is 6.40. The monoisotopic (exact) mass is 216 g/mol. The van der Waals surface area contributed by atoms with Crippen molar-refractivity contribution in [3.8, 4) is 0 Å². The fourth-order valence-corrected chi connectivity index (χ4v) is 2.46. The van der Waals surface area contributed by atoms with E-state index in [1.807, 2.05) is 6.08 Å². The summed E-state index contributed by atoms with van der Waals surface area (Å²) in [6.45, 7) is 12.9. The summed E-state index contributed by atoms with van der Waals surface area (Å²) in [4.78, 5) is 0. The van der Waals surface area contributed by atoms with Crippen molar-refractivity contribution in [3.63, 3.8) is 0 Å². The lowest BCUT2D eigenvalue weighted by Crippen LogP contribution is -2.04. The summed E-state index contributed by atoms with van der Waals surface area (Å²) in [6, 6.07) is 4.61. The van der Waals surface area contributed by atoms with Crippen molar-refractivity contribution in [1.29, 1.82) is 0 Å². The minimum absolute atomic E-state index is 0.603. The molecule has 0 N–H and O–H groups in total. The molecular weight excluding hydrogens is 192 g/mol. The third-order valence-electron chi connectivity index (χ3n) is 3.27. The second-order valence-electron chi connectivity index (χ2n) is 4.63. The van der Waals surface area contributed by atoms with Gasteiger partial charge in [-0.1, -0.05) is 45.9 Å². The van der Waals surface area contributed by atoms with Gasteiger partial charge in [-0.25, -0.2) is 0 Å². The SMILES string of the molecule is C=CCc1c(C(C)C)ccc(CC)c1CC. The first-order valence-corrected chi connectivity index (χ1v) is 6.40. The molecule has 0 saturated carbocycles. The molecule has 0 radical (unpaired) electrons. The van der Waals surface area contributed by atoms with Gasteiger partial charge < -0.3 is 0 Å². The Labute approximate surface area is 100 Å². The van der Waals surface area contributed by atoms with Crippen LogP contribution in [0.5, 0.6) is 0 Å². The lowest BCUT2D eigenvalue weighted by Gasteiger charge is -2.18. The minimum atomic E-state index is 0.603. The molecule has 0 bridgehead atoms. The predicted octanol–water partition coefficient (Wildman–Crippen LogP) is 4.66. The number of allylic oxidation sites excluding steroid dienone is 1. The number of aryl methyl sites for hydroxylation is 1. The highest BCUT2D eigenvalue weighted by Gasteiger charge is 2.12. The van der Waals surface area contributed by atoms with Crippen LogP contribution in [-0.4, -0.2) is 0 Å². The zero-order valence-electron chi connectivity index (χ0n) is 11.1. The molecular formula is C16H24. The highest BCUT2D eigenvalue weighted by Crippen LogP contribution is 2.27. The third-order valence-corrected chi connectivity index (χ3v) is 3.27. The van der Waals surface area contributed by atoms with Crippen LogP contribution in [0.25, 0.3) is 0 Å². The maximum absolute atomic E-state index is 3.89. The number of rotatable bonds is 5. The molecule has 0 heteroatoms. The van der Waals surface area contributed by atoms with Crippen LogP contribution < -0.4 is 0 Å². The van der Waals surface area contributed by atoms with Crippen LogP contribution >= 0.6 is 0 Å². The van der Waals surface area contributed by atoms with Crippen molar-refractivity contribution in [2.75, 3.05) is 0 Å². The average molecular weight is 216 g/mol. The first kappa shape index (κ1) is 13.0. The molecule has 0 aliphatic heterocycles. The van der Waals surface area contributed by atoms with E-state index in [4.69, 9.17) is 0 Å². The molecule has 88 valence electrons. The van der Waals surface area contributed by atoms with Gasteiger partial charge in [0.1, 0.15) is 0 Å². The standard InChI is InChI=1S/C16H24/c1-6-9-16-14(8-3)13(7-2)10-11-15(16)12(4)5/h6,10-12H,1,7-9H2,2-5H3. The van der Waals surface area contributed by atoms with Crippen molar-refractivity contribution in [2.24, 2.45) is 0 Å². The molecule has 16 heavy (non-hydrogen) atoms. The van der Waals surface area contributed by atoms with Crippen molar-refractivity contribution < 1.29 is 0 Å². The molecule has 0 aromatic heterocycles. The molecule has 0 heterocycles. The van der Waals surface area contributed by atoms with Crippen LogP contribution in [0.15, 0.2) is 24.8 Å². The fourth-order valence-electron chi connectivity index (χ4n) is 2.46. The van der Waals surface area contributed by atoms with Gasteiger partial charge in [0, 0.05) is 0 Å². The lowest BCUT2D eigenvalue weighted by molar-refractivity contribution is 0.837. The Hall–Kier alpha value is -1.04. The van der Waals surface area contributed by atoms with E-state index >= 15 is 0 Å². The van der Waals surface area contributed by atoms with E-state index < -0.39 is 0 Å². The van der Waals surface area contributed by atoms with Gasteiger partial charge >= 0.3 is 0 Å². The summed E-state index contributed by atoms with van der Waals surface area (Å²) >= 11 is 0. The topological polar surface area (TPSA) is 0 Å². The molecule has 1 aromatic carbocycles.